The molecule has 0 aromatic heterocycles. The van der Waals surface area contributed by atoms with E-state index in [9.17, 15) is 9.18 Å². The van der Waals surface area contributed by atoms with Crippen LogP contribution in [0.25, 0.3) is 0 Å². The summed E-state index contributed by atoms with van der Waals surface area (Å²) in [6.45, 7) is 0.276. The average Bonchev–Trinajstić information content (AvgIpc) is 2.29. The number of ether oxygens (including phenoxy) is 1. The zero-order chi connectivity index (χ0) is 12.0. The Morgan fingerprint density at radius 1 is 1.56 bits per heavy atom. The minimum atomic E-state index is -0.389. The predicted octanol–water partition coefficient (Wildman–Crippen LogP) is 0.799. The van der Waals surface area contributed by atoms with Crippen LogP contribution in [-0.4, -0.2) is 19.6 Å². The molecule has 0 bridgehead atoms. The molecule has 0 fully saturated rings. The molecule has 0 saturated heterocycles. The summed E-state index contributed by atoms with van der Waals surface area (Å²) in [4.78, 5) is 10.9. The highest BCUT2D eigenvalue weighted by atomic mass is 19.1. The molecule has 0 aliphatic heterocycles. The van der Waals surface area contributed by atoms with Crippen molar-refractivity contribution in [3.63, 3.8) is 0 Å². The van der Waals surface area contributed by atoms with Gasteiger partial charge < -0.3 is 15.8 Å². The molecule has 1 rings (SSSR count). The topological polar surface area (TPSA) is 64.3 Å². The molecule has 0 aliphatic rings. The Morgan fingerprint density at radius 2 is 2.31 bits per heavy atom. The Balaban J connectivity index is 2.60. The highest BCUT2D eigenvalue weighted by Crippen LogP contribution is 2.20. The third kappa shape index (κ3) is 3.20. The molecular weight excluding hydrogens is 211 g/mol. The molecule has 0 spiro atoms. The first-order chi connectivity index (χ1) is 7.69. The van der Waals surface area contributed by atoms with Gasteiger partial charge in [-0.3, -0.25) is 4.79 Å². The smallest absolute Gasteiger partial charge is 0.223 e. The van der Waals surface area contributed by atoms with E-state index in [2.05, 4.69) is 5.32 Å². The van der Waals surface area contributed by atoms with Crippen molar-refractivity contribution in [1.29, 1.82) is 0 Å². The zero-order valence-electron chi connectivity index (χ0n) is 9.13. The lowest BCUT2D eigenvalue weighted by Gasteiger charge is -2.10. The Hall–Kier alpha value is -1.62. The van der Waals surface area contributed by atoms with Crippen molar-refractivity contribution < 1.29 is 13.9 Å². The van der Waals surface area contributed by atoms with Gasteiger partial charge in [0, 0.05) is 19.2 Å². The van der Waals surface area contributed by atoms with Crippen LogP contribution in [0.3, 0.4) is 0 Å². The molecule has 1 aromatic carbocycles. The fourth-order valence-electron chi connectivity index (χ4n) is 1.25. The van der Waals surface area contributed by atoms with E-state index in [4.69, 9.17) is 10.5 Å². The quantitative estimate of drug-likeness (QED) is 0.780. The fourth-order valence-corrected chi connectivity index (χ4v) is 1.25. The SMILES string of the molecule is CNC(=O)CCOc1cccc(F)c1CN. The molecule has 0 saturated carbocycles. The molecule has 16 heavy (non-hydrogen) atoms. The van der Waals surface area contributed by atoms with Gasteiger partial charge in [-0.2, -0.15) is 0 Å². The molecule has 0 heterocycles. The monoisotopic (exact) mass is 226 g/mol. The lowest BCUT2D eigenvalue weighted by molar-refractivity contribution is -0.121. The molecular formula is C11H15FN2O2. The Bertz CT molecular complexity index is 369. The Kier molecular flexibility index (Phi) is 4.72. The van der Waals surface area contributed by atoms with Gasteiger partial charge in [0.05, 0.1) is 13.0 Å². The summed E-state index contributed by atoms with van der Waals surface area (Å²) in [5.41, 5.74) is 5.74. The van der Waals surface area contributed by atoms with E-state index in [1.807, 2.05) is 0 Å². The molecule has 3 N–H and O–H groups in total. The summed E-state index contributed by atoms with van der Waals surface area (Å²) in [6.07, 6.45) is 0.233. The normalized spacial score (nSPS) is 9.94. The van der Waals surface area contributed by atoms with E-state index in [1.165, 1.54) is 6.07 Å². The van der Waals surface area contributed by atoms with Crippen LogP contribution < -0.4 is 15.8 Å². The maximum atomic E-state index is 13.3. The van der Waals surface area contributed by atoms with Gasteiger partial charge in [-0.15, -0.1) is 0 Å². The number of carbonyl (C=O) groups is 1. The van der Waals surface area contributed by atoms with Crippen LogP contribution in [0.4, 0.5) is 4.39 Å². The van der Waals surface area contributed by atoms with Crippen molar-refractivity contribution in [2.75, 3.05) is 13.7 Å². The summed E-state index contributed by atoms with van der Waals surface area (Å²) in [7, 11) is 1.55. The molecule has 1 amide bonds. The van der Waals surface area contributed by atoms with E-state index in [0.29, 0.717) is 11.3 Å². The first-order valence-corrected chi connectivity index (χ1v) is 5.00. The molecule has 5 heteroatoms. The predicted molar refractivity (Wildman–Crippen MR) is 58.5 cm³/mol. The second kappa shape index (κ2) is 6.07. The molecule has 0 radical (unpaired) electrons. The summed E-state index contributed by atoms with van der Waals surface area (Å²) < 4.78 is 18.6. The number of hydrogen-bond donors (Lipinski definition) is 2. The largest absolute Gasteiger partial charge is 0.493 e. The van der Waals surface area contributed by atoms with Gasteiger partial charge in [-0.25, -0.2) is 4.39 Å². The number of carbonyl (C=O) groups excluding carboxylic acids is 1. The van der Waals surface area contributed by atoms with Gasteiger partial charge in [-0.05, 0) is 12.1 Å². The van der Waals surface area contributed by atoms with Crippen molar-refractivity contribution in [3.8, 4) is 5.75 Å². The second-order valence-corrected chi connectivity index (χ2v) is 3.19. The van der Waals surface area contributed by atoms with Gasteiger partial charge in [0.15, 0.2) is 0 Å². The van der Waals surface area contributed by atoms with Crippen molar-refractivity contribution in [1.82, 2.24) is 5.32 Å². The van der Waals surface area contributed by atoms with Crippen LogP contribution in [0.1, 0.15) is 12.0 Å². The first-order valence-electron chi connectivity index (χ1n) is 5.00. The lowest BCUT2D eigenvalue weighted by Crippen LogP contribution is -2.20. The van der Waals surface area contributed by atoms with Gasteiger partial charge in [0.2, 0.25) is 5.91 Å². The second-order valence-electron chi connectivity index (χ2n) is 3.19. The minimum absolute atomic E-state index is 0.0714. The molecule has 0 unspecified atom stereocenters. The summed E-state index contributed by atoms with van der Waals surface area (Å²) in [6, 6.07) is 4.51. The van der Waals surface area contributed by atoms with Crippen LogP contribution in [0.15, 0.2) is 18.2 Å². The fraction of sp³-hybridized carbons (Fsp3) is 0.364. The van der Waals surface area contributed by atoms with Crippen LogP contribution >= 0.6 is 0 Å². The summed E-state index contributed by atoms with van der Waals surface area (Å²) >= 11 is 0. The summed E-state index contributed by atoms with van der Waals surface area (Å²) in [5.74, 6) is -0.114. The van der Waals surface area contributed by atoms with Gasteiger partial charge in [-0.1, -0.05) is 6.07 Å². The number of rotatable bonds is 5. The van der Waals surface area contributed by atoms with Crippen LogP contribution in [0.5, 0.6) is 5.75 Å². The van der Waals surface area contributed by atoms with Gasteiger partial charge >= 0.3 is 0 Å². The van der Waals surface area contributed by atoms with Crippen molar-refractivity contribution in [3.05, 3.63) is 29.6 Å². The first kappa shape index (κ1) is 12.4. The van der Waals surface area contributed by atoms with Crippen molar-refractivity contribution in [2.45, 2.75) is 13.0 Å². The highest BCUT2D eigenvalue weighted by molar-refractivity contribution is 5.75. The number of hydrogen-bond acceptors (Lipinski definition) is 3. The highest BCUT2D eigenvalue weighted by Gasteiger charge is 2.08. The number of nitrogens with one attached hydrogen (secondary N) is 1. The average molecular weight is 226 g/mol. The lowest BCUT2D eigenvalue weighted by atomic mass is 10.2. The van der Waals surface area contributed by atoms with E-state index >= 15 is 0 Å². The minimum Gasteiger partial charge on any atom is -0.493 e. The zero-order valence-corrected chi connectivity index (χ0v) is 9.13. The van der Waals surface area contributed by atoms with Gasteiger partial charge in [0.25, 0.3) is 0 Å². The molecule has 4 nitrogen and oxygen atoms in total. The maximum absolute atomic E-state index is 13.3. The standard InChI is InChI=1S/C11H15FN2O2/c1-14-11(15)5-6-16-10-4-2-3-9(12)8(10)7-13/h2-4H,5-7,13H2,1H3,(H,14,15). The Labute approximate surface area is 93.6 Å². The maximum Gasteiger partial charge on any atom is 0.223 e. The molecule has 0 atom stereocenters. The number of halogens is 1. The van der Waals surface area contributed by atoms with Gasteiger partial charge in [0.1, 0.15) is 11.6 Å². The molecule has 88 valence electrons. The third-order valence-corrected chi connectivity index (χ3v) is 2.15. The molecule has 1 aromatic rings. The van der Waals surface area contributed by atoms with Crippen LogP contribution in [0.2, 0.25) is 0 Å². The van der Waals surface area contributed by atoms with Crippen LogP contribution in [-0.2, 0) is 11.3 Å². The van der Waals surface area contributed by atoms with E-state index < -0.39 is 0 Å². The van der Waals surface area contributed by atoms with E-state index in [1.54, 1.807) is 19.2 Å². The number of benzene rings is 1. The van der Waals surface area contributed by atoms with E-state index in [-0.39, 0.29) is 31.3 Å². The molecule has 0 aliphatic carbocycles. The third-order valence-electron chi connectivity index (χ3n) is 2.15. The van der Waals surface area contributed by atoms with Crippen molar-refractivity contribution >= 4 is 5.91 Å². The van der Waals surface area contributed by atoms with Crippen molar-refractivity contribution in [2.24, 2.45) is 5.73 Å². The number of nitrogens with two attached hydrogens (primary N) is 1. The summed E-state index contributed by atoms with van der Waals surface area (Å²) in [5, 5.41) is 2.47. The number of amides is 1. The van der Waals surface area contributed by atoms with E-state index in [0.717, 1.165) is 0 Å². The Morgan fingerprint density at radius 3 is 2.94 bits per heavy atom. The van der Waals surface area contributed by atoms with Crippen LogP contribution in [0, 0.1) is 5.82 Å².